The van der Waals surface area contributed by atoms with E-state index in [9.17, 15) is 4.79 Å². The van der Waals surface area contributed by atoms with Crippen LogP contribution in [-0.2, 0) is 14.3 Å². The molecule has 1 aliphatic carbocycles. The predicted octanol–water partition coefficient (Wildman–Crippen LogP) is 2.27. The highest BCUT2D eigenvalue weighted by atomic mass is 16.5. The number of methoxy groups -OCH3 is 1. The van der Waals surface area contributed by atoms with Gasteiger partial charge in [-0.15, -0.1) is 0 Å². The Kier molecular flexibility index (Phi) is 4.85. The second-order valence-electron chi connectivity index (χ2n) is 6.45. The third kappa shape index (κ3) is 3.69. The maximum Gasteiger partial charge on any atom is 0.322 e. The van der Waals surface area contributed by atoms with Gasteiger partial charge in [-0.2, -0.15) is 0 Å². The average Bonchev–Trinajstić information content (AvgIpc) is 2.35. The fourth-order valence-corrected chi connectivity index (χ4v) is 3.22. The van der Waals surface area contributed by atoms with E-state index in [1.807, 2.05) is 0 Å². The molecular formula is C15H27NO3. The molecule has 2 atom stereocenters. The minimum absolute atomic E-state index is 0.119. The van der Waals surface area contributed by atoms with Crippen molar-refractivity contribution < 1.29 is 14.3 Å². The van der Waals surface area contributed by atoms with Gasteiger partial charge in [0.1, 0.15) is 6.04 Å². The zero-order chi connectivity index (χ0) is 13.9. The van der Waals surface area contributed by atoms with Gasteiger partial charge in [0.05, 0.1) is 12.7 Å². The van der Waals surface area contributed by atoms with Gasteiger partial charge in [-0.25, -0.2) is 0 Å². The third-order valence-electron chi connectivity index (χ3n) is 4.39. The van der Waals surface area contributed by atoms with E-state index in [1.54, 1.807) is 0 Å². The first kappa shape index (κ1) is 14.8. The molecule has 19 heavy (non-hydrogen) atoms. The molecule has 2 unspecified atom stereocenters. The molecule has 2 aliphatic rings. The smallest absolute Gasteiger partial charge is 0.322 e. The average molecular weight is 269 g/mol. The van der Waals surface area contributed by atoms with Crippen LogP contribution in [-0.4, -0.2) is 37.4 Å². The number of rotatable bonds is 5. The molecule has 1 spiro atoms. The summed E-state index contributed by atoms with van der Waals surface area (Å²) in [7, 11) is 1.47. The number of hydrogen-bond acceptors (Lipinski definition) is 4. The molecule has 0 radical (unpaired) electrons. The Morgan fingerprint density at radius 2 is 2.21 bits per heavy atom. The first-order chi connectivity index (χ1) is 9.04. The molecule has 1 aliphatic heterocycles. The minimum Gasteiger partial charge on any atom is -0.468 e. The molecule has 0 aromatic carbocycles. The maximum atomic E-state index is 11.9. The summed E-state index contributed by atoms with van der Waals surface area (Å²) in [6.07, 6.45) is 6.50. The van der Waals surface area contributed by atoms with E-state index in [2.05, 4.69) is 19.2 Å². The fraction of sp³-hybridized carbons (Fsp3) is 0.933. The third-order valence-corrected chi connectivity index (χ3v) is 4.39. The molecule has 110 valence electrons. The second-order valence-corrected chi connectivity index (χ2v) is 6.45. The summed E-state index contributed by atoms with van der Waals surface area (Å²) >= 11 is 0. The van der Waals surface area contributed by atoms with Crippen LogP contribution in [0.2, 0.25) is 0 Å². The lowest BCUT2D eigenvalue weighted by Crippen LogP contribution is -2.54. The van der Waals surface area contributed by atoms with E-state index in [1.165, 1.54) is 26.4 Å². The van der Waals surface area contributed by atoms with Gasteiger partial charge in [0, 0.05) is 12.6 Å². The largest absolute Gasteiger partial charge is 0.468 e. The molecule has 0 aromatic rings. The molecule has 2 rings (SSSR count). The van der Waals surface area contributed by atoms with Gasteiger partial charge in [-0.05, 0) is 44.4 Å². The molecule has 2 fully saturated rings. The van der Waals surface area contributed by atoms with Crippen molar-refractivity contribution in [3.8, 4) is 0 Å². The lowest BCUT2D eigenvalue weighted by atomic mass is 9.74. The second kappa shape index (κ2) is 6.23. The summed E-state index contributed by atoms with van der Waals surface area (Å²) in [5, 5.41) is 3.51. The van der Waals surface area contributed by atoms with Crippen molar-refractivity contribution in [3.05, 3.63) is 0 Å². The Morgan fingerprint density at radius 3 is 2.74 bits per heavy atom. The zero-order valence-electron chi connectivity index (χ0n) is 12.4. The van der Waals surface area contributed by atoms with Crippen LogP contribution in [0.5, 0.6) is 0 Å². The molecule has 1 saturated carbocycles. The van der Waals surface area contributed by atoms with Crippen LogP contribution < -0.4 is 5.32 Å². The van der Waals surface area contributed by atoms with E-state index < -0.39 is 0 Å². The number of ether oxygens (including phenoxy) is 2. The maximum absolute atomic E-state index is 11.9. The van der Waals surface area contributed by atoms with Crippen LogP contribution >= 0.6 is 0 Å². The molecule has 0 aromatic heterocycles. The van der Waals surface area contributed by atoms with Crippen LogP contribution in [0.15, 0.2) is 0 Å². The Labute approximate surface area is 116 Å². The summed E-state index contributed by atoms with van der Waals surface area (Å²) in [4.78, 5) is 11.9. The Morgan fingerprint density at radius 1 is 1.47 bits per heavy atom. The van der Waals surface area contributed by atoms with Gasteiger partial charge in [0.2, 0.25) is 0 Å². The first-order valence-electron chi connectivity index (χ1n) is 7.52. The highest BCUT2D eigenvalue weighted by Gasteiger charge is 2.43. The molecule has 0 bridgehead atoms. The summed E-state index contributed by atoms with van der Waals surface area (Å²) in [5.74, 6) is 0.344. The highest BCUT2D eigenvalue weighted by molar-refractivity contribution is 5.75. The Balaban J connectivity index is 1.90. The Hall–Kier alpha value is -0.610. The van der Waals surface area contributed by atoms with E-state index in [0.29, 0.717) is 12.0 Å². The van der Waals surface area contributed by atoms with E-state index in [-0.39, 0.29) is 17.6 Å². The van der Waals surface area contributed by atoms with Crippen molar-refractivity contribution in [3.63, 3.8) is 0 Å². The summed E-state index contributed by atoms with van der Waals surface area (Å²) in [6, 6.07) is 0.210. The normalized spacial score (nSPS) is 27.1. The van der Waals surface area contributed by atoms with Crippen molar-refractivity contribution >= 4 is 5.97 Å². The summed E-state index contributed by atoms with van der Waals surface area (Å²) < 4.78 is 10.8. The van der Waals surface area contributed by atoms with E-state index in [0.717, 1.165) is 25.9 Å². The molecular weight excluding hydrogens is 242 g/mol. The SMILES string of the molecule is COC(=O)C(CC(C)C)NC1CCOC2(CCC2)C1. The van der Waals surface area contributed by atoms with Crippen molar-refractivity contribution in [1.82, 2.24) is 5.32 Å². The monoisotopic (exact) mass is 269 g/mol. The number of carbonyl (C=O) groups excluding carboxylic acids is 1. The minimum atomic E-state index is -0.176. The lowest BCUT2D eigenvalue weighted by Gasteiger charge is -2.47. The van der Waals surface area contributed by atoms with Crippen LogP contribution in [0.1, 0.15) is 52.4 Å². The van der Waals surface area contributed by atoms with Crippen LogP contribution in [0, 0.1) is 5.92 Å². The topological polar surface area (TPSA) is 47.6 Å². The first-order valence-corrected chi connectivity index (χ1v) is 7.52. The van der Waals surface area contributed by atoms with Gasteiger partial charge in [0.15, 0.2) is 0 Å². The van der Waals surface area contributed by atoms with Gasteiger partial charge >= 0.3 is 5.97 Å². The molecule has 1 N–H and O–H groups in total. The molecule has 0 amide bonds. The highest BCUT2D eigenvalue weighted by Crippen LogP contribution is 2.42. The molecule has 4 heteroatoms. The Bertz CT molecular complexity index is 313. The summed E-state index contributed by atoms with van der Waals surface area (Å²) in [6.45, 7) is 5.08. The number of carbonyl (C=O) groups is 1. The standard InChI is InChI=1S/C15H27NO3/c1-11(2)9-13(14(17)18-3)16-12-5-8-19-15(10-12)6-4-7-15/h11-13,16H,4-10H2,1-3H3. The van der Waals surface area contributed by atoms with Crippen molar-refractivity contribution in [2.75, 3.05) is 13.7 Å². The lowest BCUT2D eigenvalue weighted by molar-refractivity contribution is -0.148. The number of hydrogen-bond donors (Lipinski definition) is 1. The van der Waals surface area contributed by atoms with Crippen LogP contribution in [0.4, 0.5) is 0 Å². The van der Waals surface area contributed by atoms with E-state index in [4.69, 9.17) is 9.47 Å². The van der Waals surface area contributed by atoms with Crippen molar-refractivity contribution in [2.24, 2.45) is 5.92 Å². The zero-order valence-corrected chi connectivity index (χ0v) is 12.4. The van der Waals surface area contributed by atoms with E-state index >= 15 is 0 Å². The van der Waals surface area contributed by atoms with Crippen molar-refractivity contribution in [2.45, 2.75) is 70.1 Å². The summed E-state index contributed by atoms with van der Waals surface area (Å²) in [5.41, 5.74) is 0.119. The molecule has 1 heterocycles. The van der Waals surface area contributed by atoms with Gasteiger partial charge < -0.3 is 14.8 Å². The quantitative estimate of drug-likeness (QED) is 0.778. The van der Waals surface area contributed by atoms with Crippen LogP contribution in [0.3, 0.4) is 0 Å². The van der Waals surface area contributed by atoms with Crippen molar-refractivity contribution in [1.29, 1.82) is 0 Å². The molecule has 4 nitrogen and oxygen atoms in total. The van der Waals surface area contributed by atoms with Gasteiger partial charge in [-0.1, -0.05) is 13.8 Å². The number of nitrogens with one attached hydrogen (secondary N) is 1. The predicted molar refractivity (Wildman–Crippen MR) is 74.0 cm³/mol. The van der Waals surface area contributed by atoms with Crippen LogP contribution in [0.25, 0.3) is 0 Å². The number of esters is 1. The molecule has 1 saturated heterocycles. The fourth-order valence-electron chi connectivity index (χ4n) is 3.22. The van der Waals surface area contributed by atoms with Gasteiger partial charge in [-0.3, -0.25) is 4.79 Å². The van der Waals surface area contributed by atoms with Gasteiger partial charge in [0.25, 0.3) is 0 Å².